The van der Waals surface area contributed by atoms with Crippen LogP contribution in [0.1, 0.15) is 16.8 Å². The van der Waals surface area contributed by atoms with Gasteiger partial charge in [-0.05, 0) is 23.3 Å². The first kappa shape index (κ1) is 13.7. The van der Waals surface area contributed by atoms with E-state index >= 15 is 0 Å². The molecule has 0 aliphatic carbocycles. The number of hydrogen-bond acceptors (Lipinski definition) is 3. The predicted octanol–water partition coefficient (Wildman–Crippen LogP) is 3.79. The fraction of sp³-hybridized carbons (Fsp3) is 0.176. The molecule has 2 aromatic carbocycles. The first-order valence-corrected chi connectivity index (χ1v) is 7.93. The van der Waals surface area contributed by atoms with E-state index in [2.05, 4.69) is 50.5 Å². The van der Waals surface area contributed by atoms with E-state index in [1.807, 2.05) is 28.9 Å². The average molecular weight is 356 g/mol. The first-order valence-electron chi connectivity index (χ1n) is 7.14. The van der Waals surface area contributed by atoms with Gasteiger partial charge in [-0.2, -0.15) is 0 Å². The highest BCUT2D eigenvalue weighted by Gasteiger charge is 2.21. The summed E-state index contributed by atoms with van der Waals surface area (Å²) in [7, 11) is 0. The molecule has 1 aromatic heterocycles. The third kappa shape index (κ3) is 2.46. The number of ether oxygens (including phenoxy) is 1. The molecule has 0 spiro atoms. The Balaban J connectivity index is 1.78. The van der Waals surface area contributed by atoms with Gasteiger partial charge in [0.15, 0.2) is 0 Å². The summed E-state index contributed by atoms with van der Waals surface area (Å²) in [6.07, 6.45) is 0. The van der Waals surface area contributed by atoms with Gasteiger partial charge in [0.05, 0.1) is 25.5 Å². The van der Waals surface area contributed by atoms with E-state index < -0.39 is 0 Å². The van der Waals surface area contributed by atoms with E-state index in [1.54, 1.807) is 0 Å². The van der Waals surface area contributed by atoms with Crippen LogP contribution >= 0.6 is 15.9 Å². The summed E-state index contributed by atoms with van der Waals surface area (Å²) in [5, 5.41) is 8.64. The Bertz CT molecular complexity index is 811. The highest BCUT2D eigenvalue weighted by atomic mass is 79.9. The van der Waals surface area contributed by atoms with E-state index in [1.165, 1.54) is 11.1 Å². The number of hydrogen-bond donors (Lipinski definition) is 0. The SMILES string of the molecule is Brc1ccc(Cn2nnc3c2-c2ccccc2COC3)cc1. The van der Waals surface area contributed by atoms with Gasteiger partial charge in [0.2, 0.25) is 0 Å². The maximum atomic E-state index is 5.70. The Labute approximate surface area is 136 Å². The molecule has 1 aliphatic rings. The van der Waals surface area contributed by atoms with Gasteiger partial charge in [0.25, 0.3) is 0 Å². The fourth-order valence-electron chi connectivity index (χ4n) is 2.75. The van der Waals surface area contributed by atoms with Gasteiger partial charge in [-0.25, -0.2) is 4.68 Å². The molecule has 5 heteroatoms. The third-order valence-electron chi connectivity index (χ3n) is 3.82. The molecule has 0 fully saturated rings. The summed E-state index contributed by atoms with van der Waals surface area (Å²) < 4.78 is 8.75. The zero-order valence-electron chi connectivity index (χ0n) is 11.9. The topological polar surface area (TPSA) is 39.9 Å². The van der Waals surface area contributed by atoms with Crippen molar-refractivity contribution in [1.29, 1.82) is 0 Å². The van der Waals surface area contributed by atoms with Crippen molar-refractivity contribution in [3.63, 3.8) is 0 Å². The fourth-order valence-corrected chi connectivity index (χ4v) is 3.01. The molecule has 0 atom stereocenters. The van der Waals surface area contributed by atoms with Crippen LogP contribution < -0.4 is 0 Å². The molecular weight excluding hydrogens is 342 g/mol. The van der Waals surface area contributed by atoms with Crippen molar-refractivity contribution in [1.82, 2.24) is 15.0 Å². The molecule has 0 unspecified atom stereocenters. The van der Waals surface area contributed by atoms with Crippen LogP contribution in [0, 0.1) is 0 Å². The van der Waals surface area contributed by atoms with E-state index in [0.29, 0.717) is 19.8 Å². The lowest BCUT2D eigenvalue weighted by Crippen LogP contribution is -2.05. The minimum atomic E-state index is 0.504. The standard InChI is InChI=1S/C17H14BrN3O/c18-14-7-5-12(6-8-14)9-21-17-15-4-2-1-3-13(15)10-22-11-16(17)19-20-21/h1-8H,9-11H2. The summed E-state index contributed by atoms with van der Waals surface area (Å²) in [6.45, 7) is 1.82. The smallest absolute Gasteiger partial charge is 0.116 e. The van der Waals surface area contributed by atoms with Crippen LogP contribution in [0.4, 0.5) is 0 Å². The van der Waals surface area contributed by atoms with Gasteiger partial charge in [0.1, 0.15) is 5.69 Å². The van der Waals surface area contributed by atoms with Gasteiger partial charge in [0, 0.05) is 10.0 Å². The van der Waals surface area contributed by atoms with Crippen LogP contribution in [-0.2, 0) is 24.5 Å². The molecule has 0 N–H and O–H groups in total. The van der Waals surface area contributed by atoms with Gasteiger partial charge < -0.3 is 4.74 Å². The maximum absolute atomic E-state index is 5.70. The number of nitrogens with zero attached hydrogens (tertiary/aromatic N) is 3. The third-order valence-corrected chi connectivity index (χ3v) is 4.35. The van der Waals surface area contributed by atoms with Crippen molar-refractivity contribution in [2.75, 3.05) is 0 Å². The van der Waals surface area contributed by atoms with Crippen LogP contribution in [0.2, 0.25) is 0 Å². The van der Waals surface area contributed by atoms with E-state index in [0.717, 1.165) is 21.4 Å². The van der Waals surface area contributed by atoms with Crippen molar-refractivity contribution >= 4 is 15.9 Å². The van der Waals surface area contributed by atoms with Crippen LogP contribution in [-0.4, -0.2) is 15.0 Å². The lowest BCUT2D eigenvalue weighted by atomic mass is 10.0. The lowest BCUT2D eigenvalue weighted by molar-refractivity contribution is 0.107. The zero-order chi connectivity index (χ0) is 14.9. The zero-order valence-corrected chi connectivity index (χ0v) is 13.5. The van der Waals surface area contributed by atoms with Crippen LogP contribution in [0.3, 0.4) is 0 Å². The number of fused-ring (bicyclic) bond motifs is 3. The molecule has 110 valence electrons. The van der Waals surface area contributed by atoms with E-state index in [4.69, 9.17) is 4.74 Å². The van der Waals surface area contributed by atoms with Crippen LogP contribution in [0.15, 0.2) is 53.0 Å². The molecule has 22 heavy (non-hydrogen) atoms. The number of benzene rings is 2. The predicted molar refractivity (Wildman–Crippen MR) is 87.2 cm³/mol. The number of rotatable bonds is 2. The number of aromatic nitrogens is 3. The van der Waals surface area contributed by atoms with Crippen molar-refractivity contribution in [3.05, 3.63) is 69.8 Å². The minimum Gasteiger partial charge on any atom is -0.370 e. The monoisotopic (exact) mass is 355 g/mol. The van der Waals surface area contributed by atoms with E-state index in [-0.39, 0.29) is 0 Å². The Morgan fingerprint density at radius 2 is 1.86 bits per heavy atom. The second kappa shape index (κ2) is 5.66. The van der Waals surface area contributed by atoms with Gasteiger partial charge >= 0.3 is 0 Å². The average Bonchev–Trinajstić information content (AvgIpc) is 2.83. The highest BCUT2D eigenvalue weighted by molar-refractivity contribution is 9.10. The van der Waals surface area contributed by atoms with Crippen molar-refractivity contribution in [2.45, 2.75) is 19.8 Å². The largest absolute Gasteiger partial charge is 0.370 e. The molecule has 3 aromatic rings. The van der Waals surface area contributed by atoms with Crippen LogP contribution in [0.5, 0.6) is 0 Å². The van der Waals surface area contributed by atoms with Crippen LogP contribution in [0.25, 0.3) is 11.3 Å². The number of halogens is 1. The summed E-state index contributed by atoms with van der Waals surface area (Å²) in [5.41, 5.74) is 5.51. The molecule has 4 nitrogen and oxygen atoms in total. The molecule has 0 radical (unpaired) electrons. The van der Waals surface area contributed by atoms with Crippen molar-refractivity contribution in [2.24, 2.45) is 0 Å². The lowest BCUT2D eigenvalue weighted by Gasteiger charge is -2.09. The minimum absolute atomic E-state index is 0.504. The molecule has 0 amide bonds. The molecule has 1 aliphatic heterocycles. The molecule has 4 rings (SSSR count). The second-order valence-electron chi connectivity index (χ2n) is 5.32. The normalized spacial score (nSPS) is 13.3. The molecule has 0 saturated heterocycles. The second-order valence-corrected chi connectivity index (χ2v) is 6.23. The quantitative estimate of drug-likeness (QED) is 0.702. The van der Waals surface area contributed by atoms with Crippen molar-refractivity contribution < 1.29 is 4.74 Å². The molecule has 0 saturated carbocycles. The Hall–Kier alpha value is -1.98. The summed E-state index contributed by atoms with van der Waals surface area (Å²) in [5.74, 6) is 0. The Morgan fingerprint density at radius 1 is 1.05 bits per heavy atom. The van der Waals surface area contributed by atoms with Crippen molar-refractivity contribution in [3.8, 4) is 11.3 Å². The summed E-state index contributed by atoms with van der Waals surface area (Å²) in [6, 6.07) is 16.6. The van der Waals surface area contributed by atoms with E-state index in [9.17, 15) is 0 Å². The summed E-state index contributed by atoms with van der Waals surface area (Å²) >= 11 is 3.46. The highest BCUT2D eigenvalue weighted by Crippen LogP contribution is 2.30. The maximum Gasteiger partial charge on any atom is 0.116 e. The summed E-state index contributed by atoms with van der Waals surface area (Å²) in [4.78, 5) is 0. The van der Waals surface area contributed by atoms with Gasteiger partial charge in [-0.15, -0.1) is 5.10 Å². The molecule has 0 bridgehead atoms. The van der Waals surface area contributed by atoms with Gasteiger partial charge in [-0.3, -0.25) is 0 Å². The van der Waals surface area contributed by atoms with Gasteiger partial charge in [-0.1, -0.05) is 57.5 Å². The molecular formula is C17H14BrN3O. The first-order chi connectivity index (χ1) is 10.8. The Morgan fingerprint density at radius 3 is 2.73 bits per heavy atom. The Kier molecular flexibility index (Phi) is 3.52. The molecule has 2 heterocycles.